The number of hydrogen-bond donors (Lipinski definition) is 0. The molecule has 0 aromatic heterocycles. The molecule has 0 aromatic rings. The molecule has 0 bridgehead atoms. The first-order valence-corrected chi connectivity index (χ1v) is 4.79. The summed E-state index contributed by atoms with van der Waals surface area (Å²) in [6.45, 7) is 8.74. The van der Waals surface area contributed by atoms with E-state index in [2.05, 4.69) is 13.8 Å². The van der Waals surface area contributed by atoms with Crippen molar-refractivity contribution in [3.8, 4) is 0 Å². The molecule has 2 atom stereocenters. The van der Waals surface area contributed by atoms with Crippen molar-refractivity contribution in [1.29, 1.82) is 0 Å². The average Bonchev–Trinajstić information content (AvgIpc) is 1.91. The second-order valence-corrected chi connectivity index (χ2v) is 3.38. The highest BCUT2D eigenvalue weighted by Crippen LogP contribution is 2.27. The largest absolute Gasteiger partial charge is 0.412 e. The lowest BCUT2D eigenvalue weighted by Gasteiger charge is -2.22. The van der Waals surface area contributed by atoms with E-state index in [-0.39, 0.29) is 6.90 Å². The normalized spacial score (nSPS) is 29.5. The van der Waals surface area contributed by atoms with Gasteiger partial charge >= 0.3 is 0 Å². The summed E-state index contributed by atoms with van der Waals surface area (Å²) in [4.78, 5) is 0. The van der Waals surface area contributed by atoms with E-state index < -0.39 is 0 Å². The Balaban J connectivity index is -0.000000189. The minimum atomic E-state index is 0. The molecule has 1 heteroatoms. The Kier molecular flexibility index (Phi) is 9.92. The molecular formula is C10H26O. The van der Waals surface area contributed by atoms with Crippen molar-refractivity contribution in [3.05, 3.63) is 0 Å². The third-order valence-corrected chi connectivity index (χ3v) is 2.20. The molecule has 2 N–H and O–H groups in total. The summed E-state index contributed by atoms with van der Waals surface area (Å²) < 4.78 is 0. The van der Waals surface area contributed by atoms with Gasteiger partial charge in [-0.25, -0.2) is 0 Å². The maximum absolute atomic E-state index is 2.37. The van der Waals surface area contributed by atoms with Gasteiger partial charge in [0.05, 0.1) is 0 Å². The van der Waals surface area contributed by atoms with Crippen LogP contribution in [0.15, 0.2) is 0 Å². The van der Waals surface area contributed by atoms with Crippen molar-refractivity contribution in [2.45, 2.75) is 53.4 Å². The molecule has 0 saturated heterocycles. The lowest BCUT2D eigenvalue weighted by molar-refractivity contribution is 0.301. The van der Waals surface area contributed by atoms with Crippen LogP contribution in [-0.4, -0.2) is 5.48 Å². The lowest BCUT2D eigenvalue weighted by Crippen LogP contribution is -2.09. The fraction of sp³-hybridized carbons (Fsp3) is 1.00. The molecule has 1 aliphatic rings. The fourth-order valence-electron chi connectivity index (χ4n) is 1.74. The molecule has 2 unspecified atom stereocenters. The minimum Gasteiger partial charge on any atom is -0.412 e. The first-order valence-electron chi connectivity index (χ1n) is 4.79. The van der Waals surface area contributed by atoms with Gasteiger partial charge in [0.25, 0.3) is 0 Å². The van der Waals surface area contributed by atoms with Crippen LogP contribution in [0.4, 0.5) is 0 Å². The topological polar surface area (TPSA) is 31.5 Å². The molecule has 72 valence electrons. The zero-order chi connectivity index (χ0) is 7.98. The monoisotopic (exact) mass is 162 g/mol. The van der Waals surface area contributed by atoms with Gasteiger partial charge in [-0.15, -0.1) is 0 Å². The maximum Gasteiger partial charge on any atom is 0 e. The summed E-state index contributed by atoms with van der Waals surface area (Å²) >= 11 is 0. The molecule has 0 aliphatic heterocycles. The summed E-state index contributed by atoms with van der Waals surface area (Å²) in [6.07, 6.45) is 5.90. The Morgan fingerprint density at radius 1 is 1.00 bits per heavy atom. The quantitative estimate of drug-likeness (QED) is 0.523. The van der Waals surface area contributed by atoms with Gasteiger partial charge in [-0.2, -0.15) is 0 Å². The van der Waals surface area contributed by atoms with Gasteiger partial charge in [0.2, 0.25) is 0 Å². The van der Waals surface area contributed by atoms with Crippen LogP contribution in [0.1, 0.15) is 54.8 Å². The molecule has 1 aliphatic carbocycles. The van der Waals surface area contributed by atoms with Gasteiger partial charge in [0, 0.05) is 1.43 Å². The molecule has 0 spiro atoms. The second kappa shape index (κ2) is 8.06. The van der Waals surface area contributed by atoms with Crippen LogP contribution in [0.2, 0.25) is 0 Å². The third-order valence-electron chi connectivity index (χ3n) is 2.20. The van der Waals surface area contributed by atoms with E-state index in [0.717, 1.165) is 11.8 Å². The predicted molar refractivity (Wildman–Crippen MR) is 53.9 cm³/mol. The molecule has 1 nitrogen and oxygen atoms in total. The van der Waals surface area contributed by atoms with E-state index >= 15 is 0 Å². The summed E-state index contributed by atoms with van der Waals surface area (Å²) in [7, 11) is 0. The molecular weight excluding hydrogens is 136 g/mol. The van der Waals surface area contributed by atoms with E-state index in [0.29, 0.717) is 0 Å². The average molecular weight is 162 g/mol. The first-order chi connectivity index (χ1) is 4.79. The molecule has 1 rings (SSSR count). The summed E-state index contributed by atoms with van der Waals surface area (Å²) in [5, 5.41) is 0. The molecule has 1 saturated carbocycles. The van der Waals surface area contributed by atoms with E-state index in [1.807, 2.05) is 13.8 Å². The Labute approximate surface area is 73.0 Å². The SMILES string of the molecule is CC.CC1CCCC(C)C1.O.[HH]. The summed E-state index contributed by atoms with van der Waals surface area (Å²) in [5.41, 5.74) is 0. The van der Waals surface area contributed by atoms with Gasteiger partial charge < -0.3 is 5.48 Å². The van der Waals surface area contributed by atoms with E-state index in [4.69, 9.17) is 0 Å². The van der Waals surface area contributed by atoms with Crippen LogP contribution in [0.25, 0.3) is 0 Å². The van der Waals surface area contributed by atoms with Gasteiger partial charge in [-0.05, 0) is 18.3 Å². The standard InChI is InChI=1S/C8H16.C2H6.H2O.H2/c1-7-4-3-5-8(2)6-7;1-2;;/h7-8H,3-6H2,1-2H3;1-2H3;1H2;1H. The smallest absolute Gasteiger partial charge is 0 e. The Bertz CT molecular complexity index is 68.2. The van der Waals surface area contributed by atoms with Gasteiger partial charge in [-0.1, -0.05) is 47.0 Å². The van der Waals surface area contributed by atoms with Crippen molar-refractivity contribution < 1.29 is 6.90 Å². The van der Waals surface area contributed by atoms with Crippen LogP contribution in [-0.2, 0) is 0 Å². The predicted octanol–water partition coefficient (Wildman–Crippen LogP) is 3.28. The highest BCUT2D eigenvalue weighted by Gasteiger charge is 2.13. The van der Waals surface area contributed by atoms with Crippen molar-refractivity contribution in [1.82, 2.24) is 0 Å². The second-order valence-electron chi connectivity index (χ2n) is 3.38. The van der Waals surface area contributed by atoms with Crippen molar-refractivity contribution in [3.63, 3.8) is 0 Å². The van der Waals surface area contributed by atoms with Crippen LogP contribution < -0.4 is 0 Å². The first kappa shape index (κ1) is 13.5. The van der Waals surface area contributed by atoms with Gasteiger partial charge in [0.15, 0.2) is 0 Å². The van der Waals surface area contributed by atoms with Crippen LogP contribution in [0.3, 0.4) is 0 Å². The van der Waals surface area contributed by atoms with Crippen molar-refractivity contribution in [2.24, 2.45) is 11.8 Å². The lowest BCUT2D eigenvalue weighted by atomic mass is 9.84. The van der Waals surface area contributed by atoms with Gasteiger partial charge in [0.1, 0.15) is 0 Å². The highest BCUT2D eigenvalue weighted by molar-refractivity contribution is 4.66. The van der Waals surface area contributed by atoms with Crippen LogP contribution >= 0.6 is 0 Å². The van der Waals surface area contributed by atoms with Crippen molar-refractivity contribution in [2.75, 3.05) is 0 Å². The van der Waals surface area contributed by atoms with Crippen LogP contribution in [0.5, 0.6) is 0 Å². The maximum atomic E-state index is 2.37. The molecule has 0 radical (unpaired) electrons. The van der Waals surface area contributed by atoms with E-state index in [1.54, 1.807) is 0 Å². The number of hydrogen-bond acceptors (Lipinski definition) is 0. The Hall–Kier alpha value is -0.0400. The molecule has 0 amide bonds. The zero-order valence-electron chi connectivity index (χ0n) is 8.48. The summed E-state index contributed by atoms with van der Waals surface area (Å²) in [6, 6.07) is 0. The molecule has 11 heavy (non-hydrogen) atoms. The Morgan fingerprint density at radius 3 is 1.55 bits per heavy atom. The third kappa shape index (κ3) is 6.36. The minimum absolute atomic E-state index is 0. The zero-order valence-corrected chi connectivity index (χ0v) is 8.48. The summed E-state index contributed by atoms with van der Waals surface area (Å²) in [5.74, 6) is 2.03. The molecule has 0 aromatic carbocycles. The van der Waals surface area contributed by atoms with Gasteiger partial charge in [-0.3, -0.25) is 0 Å². The fourth-order valence-corrected chi connectivity index (χ4v) is 1.74. The highest BCUT2D eigenvalue weighted by atomic mass is 16.0. The van der Waals surface area contributed by atoms with Crippen molar-refractivity contribution >= 4 is 0 Å². The van der Waals surface area contributed by atoms with E-state index in [9.17, 15) is 0 Å². The molecule has 0 heterocycles. The molecule has 1 fully saturated rings. The van der Waals surface area contributed by atoms with E-state index in [1.165, 1.54) is 25.7 Å². The Morgan fingerprint density at radius 2 is 1.36 bits per heavy atom. The van der Waals surface area contributed by atoms with Crippen LogP contribution in [0, 0.1) is 11.8 Å². The number of rotatable bonds is 0.